The summed E-state index contributed by atoms with van der Waals surface area (Å²) in [5.74, 6) is -0.0945. The minimum Gasteiger partial charge on any atom is -0.496 e. The van der Waals surface area contributed by atoms with Gasteiger partial charge in [-0.3, -0.25) is 4.79 Å². The zero-order valence-corrected chi connectivity index (χ0v) is 27.3. The van der Waals surface area contributed by atoms with Gasteiger partial charge in [0.15, 0.2) is 14.0 Å². The highest BCUT2D eigenvalue weighted by atomic mass is 28.4. The average molecular weight is 610 g/mol. The van der Waals surface area contributed by atoms with Crippen molar-refractivity contribution in [2.45, 2.75) is 90.1 Å². The van der Waals surface area contributed by atoms with E-state index in [1.807, 2.05) is 24.3 Å². The van der Waals surface area contributed by atoms with E-state index in [1.165, 1.54) is 19.2 Å². The molecule has 1 fully saturated rings. The van der Waals surface area contributed by atoms with E-state index in [9.17, 15) is 14.0 Å². The molecule has 3 aromatic rings. The summed E-state index contributed by atoms with van der Waals surface area (Å²) in [6, 6.07) is 11.3. The van der Waals surface area contributed by atoms with Crippen molar-refractivity contribution in [2.24, 2.45) is 0 Å². The fourth-order valence-electron chi connectivity index (χ4n) is 5.11. The normalized spacial score (nSPS) is 17.4. The number of amides is 1. The molecule has 1 aliphatic rings. The third-order valence-corrected chi connectivity index (χ3v) is 13.2. The number of esters is 1. The molecule has 8 nitrogen and oxygen atoms in total. The maximum absolute atomic E-state index is 13.7. The van der Waals surface area contributed by atoms with Crippen molar-refractivity contribution >= 4 is 20.2 Å². The number of ether oxygens (including phenoxy) is 2. The lowest BCUT2D eigenvalue weighted by Crippen LogP contribution is -2.44. The van der Waals surface area contributed by atoms with Crippen LogP contribution in [0.2, 0.25) is 18.1 Å². The number of carbonyl (C=O) groups is 2. The molecule has 0 unspecified atom stereocenters. The highest BCUT2D eigenvalue weighted by molar-refractivity contribution is 6.74. The number of hydrogen-bond donors (Lipinski definition) is 2. The van der Waals surface area contributed by atoms with E-state index in [0.29, 0.717) is 17.1 Å². The predicted octanol–water partition coefficient (Wildman–Crippen LogP) is 7.38. The van der Waals surface area contributed by atoms with Gasteiger partial charge < -0.3 is 24.2 Å². The number of hydrogen-bond acceptors (Lipinski definition) is 6. The molecule has 1 aliphatic carbocycles. The third-order valence-electron chi connectivity index (χ3n) is 8.62. The number of carbonyl (C=O) groups excluding carboxylic acids is 2. The van der Waals surface area contributed by atoms with E-state index in [4.69, 9.17) is 18.9 Å². The highest BCUT2D eigenvalue weighted by Gasteiger charge is 2.40. The number of aromatic amines is 1. The van der Waals surface area contributed by atoms with Gasteiger partial charge in [-0.15, -0.1) is 0 Å². The summed E-state index contributed by atoms with van der Waals surface area (Å²) in [6.07, 6.45) is 4.05. The second kappa shape index (κ2) is 13.4. The number of halogens is 1. The van der Waals surface area contributed by atoms with Crippen LogP contribution in [0.3, 0.4) is 0 Å². The van der Waals surface area contributed by atoms with Gasteiger partial charge in [0, 0.05) is 24.1 Å². The molecule has 0 radical (unpaired) electrons. The maximum Gasteiger partial charge on any atom is 0.357 e. The fourth-order valence-corrected chi connectivity index (χ4v) is 6.53. The average Bonchev–Trinajstić information content (AvgIpc) is 3.41. The number of nitrogens with zero attached hydrogens (tertiary/aromatic N) is 1. The first kappa shape index (κ1) is 32.4. The Kier molecular flexibility index (Phi) is 10.1. The van der Waals surface area contributed by atoms with Gasteiger partial charge in [-0.2, -0.15) is 0 Å². The first-order valence-electron chi connectivity index (χ1n) is 15.0. The van der Waals surface area contributed by atoms with E-state index >= 15 is 0 Å². The molecule has 10 heteroatoms. The molecule has 0 saturated heterocycles. The molecular weight excluding hydrogens is 565 g/mol. The van der Waals surface area contributed by atoms with Crippen LogP contribution in [-0.2, 0) is 15.7 Å². The van der Waals surface area contributed by atoms with E-state index < -0.39 is 26.0 Å². The zero-order chi connectivity index (χ0) is 31.4. The Morgan fingerprint density at radius 3 is 2.35 bits per heavy atom. The van der Waals surface area contributed by atoms with Gasteiger partial charge in [0.05, 0.1) is 19.3 Å². The molecule has 2 aromatic carbocycles. The monoisotopic (exact) mass is 609 g/mol. The van der Waals surface area contributed by atoms with E-state index in [1.54, 1.807) is 6.92 Å². The van der Waals surface area contributed by atoms with Crippen molar-refractivity contribution in [1.82, 2.24) is 15.3 Å². The van der Waals surface area contributed by atoms with Crippen LogP contribution in [0.1, 0.15) is 91.5 Å². The van der Waals surface area contributed by atoms with Crippen molar-refractivity contribution in [1.29, 1.82) is 0 Å². The summed E-state index contributed by atoms with van der Waals surface area (Å²) in [7, 11) is -0.402. The van der Waals surface area contributed by atoms with Gasteiger partial charge in [-0.25, -0.2) is 14.2 Å². The summed E-state index contributed by atoms with van der Waals surface area (Å²) < 4.78 is 30.9. The smallest absolute Gasteiger partial charge is 0.357 e. The lowest BCUT2D eigenvalue weighted by Gasteiger charge is -2.41. The summed E-state index contributed by atoms with van der Waals surface area (Å²) in [4.78, 5) is 33.8. The molecule has 0 atom stereocenters. The van der Waals surface area contributed by atoms with Crippen LogP contribution in [0, 0.1) is 5.82 Å². The molecule has 1 aromatic heterocycles. The SMILES string of the molecule is CCOC(=O)c1[nH]c(C2CCC(O[Si](C)(C)C(C)(C)C)CC2)nc1-c1ccc(CNC(=O)c2cc(F)ccc2OC)cc1. The van der Waals surface area contributed by atoms with Gasteiger partial charge in [0.1, 0.15) is 23.1 Å². The molecular formula is C33H44FN3O5Si. The van der Waals surface area contributed by atoms with Crippen LogP contribution >= 0.6 is 0 Å². The molecule has 1 heterocycles. The van der Waals surface area contributed by atoms with Crippen molar-refractivity contribution < 1.29 is 27.9 Å². The van der Waals surface area contributed by atoms with Crippen LogP contribution in [-0.4, -0.2) is 50.0 Å². The number of benzene rings is 2. The Labute approximate surface area is 254 Å². The summed E-state index contributed by atoms with van der Waals surface area (Å²) in [5.41, 5.74) is 2.62. The third kappa shape index (κ3) is 7.72. The Hall–Kier alpha value is -3.50. The topological polar surface area (TPSA) is 103 Å². The minimum absolute atomic E-state index is 0.128. The van der Waals surface area contributed by atoms with Crippen molar-refractivity contribution in [3.8, 4) is 17.0 Å². The standard InChI is InChI=1S/C33H44FN3O5Si/c1-8-41-32(39)29-28(36-30(37-29)23-13-16-25(17-14-23)42-43(6,7)33(2,3)4)22-11-9-21(10-12-22)20-35-31(38)26-19-24(34)15-18-27(26)40-5/h9-12,15,18-19,23,25H,8,13-14,16-17,20H2,1-7H3,(H,35,38)(H,36,37). The molecule has 0 aliphatic heterocycles. The zero-order valence-electron chi connectivity index (χ0n) is 26.3. The molecule has 0 bridgehead atoms. The van der Waals surface area contributed by atoms with Gasteiger partial charge in [-0.1, -0.05) is 45.0 Å². The lowest BCUT2D eigenvalue weighted by atomic mass is 9.87. The van der Waals surface area contributed by atoms with Gasteiger partial charge in [-0.05, 0) is 74.5 Å². The second-order valence-electron chi connectivity index (χ2n) is 12.6. The molecule has 232 valence electrons. The lowest BCUT2D eigenvalue weighted by molar-refractivity contribution is 0.0520. The van der Waals surface area contributed by atoms with Crippen molar-refractivity contribution in [3.05, 3.63) is 70.9 Å². The van der Waals surface area contributed by atoms with Crippen LogP contribution in [0.25, 0.3) is 11.3 Å². The number of methoxy groups -OCH3 is 1. The number of rotatable bonds is 10. The van der Waals surface area contributed by atoms with Gasteiger partial charge in [0.2, 0.25) is 0 Å². The van der Waals surface area contributed by atoms with Crippen LogP contribution < -0.4 is 10.1 Å². The van der Waals surface area contributed by atoms with Crippen LogP contribution in [0.4, 0.5) is 4.39 Å². The largest absolute Gasteiger partial charge is 0.496 e. The number of nitrogens with one attached hydrogen (secondary N) is 2. The first-order chi connectivity index (χ1) is 20.3. The number of imidazole rings is 1. The summed E-state index contributed by atoms with van der Waals surface area (Å²) >= 11 is 0. The number of aromatic nitrogens is 2. The molecule has 0 spiro atoms. The molecule has 43 heavy (non-hydrogen) atoms. The first-order valence-corrected chi connectivity index (χ1v) is 17.9. The maximum atomic E-state index is 13.7. The second-order valence-corrected chi connectivity index (χ2v) is 17.4. The van der Waals surface area contributed by atoms with Gasteiger partial charge >= 0.3 is 5.97 Å². The molecule has 1 saturated carbocycles. The molecule has 1 amide bonds. The Morgan fingerprint density at radius 2 is 1.74 bits per heavy atom. The highest BCUT2D eigenvalue weighted by Crippen LogP contribution is 2.41. The van der Waals surface area contributed by atoms with E-state index in [-0.39, 0.29) is 35.8 Å². The summed E-state index contributed by atoms with van der Waals surface area (Å²) in [5, 5.41) is 2.98. The molecule has 2 N–H and O–H groups in total. The molecule has 4 rings (SSSR count). The van der Waals surface area contributed by atoms with Crippen LogP contribution in [0.5, 0.6) is 5.75 Å². The number of H-pyrrole nitrogens is 1. The van der Waals surface area contributed by atoms with Crippen molar-refractivity contribution in [3.63, 3.8) is 0 Å². The predicted molar refractivity (Wildman–Crippen MR) is 167 cm³/mol. The Balaban J connectivity index is 1.46. The summed E-state index contributed by atoms with van der Waals surface area (Å²) in [6.45, 7) is 13.7. The van der Waals surface area contributed by atoms with Crippen molar-refractivity contribution in [2.75, 3.05) is 13.7 Å². The van der Waals surface area contributed by atoms with Crippen LogP contribution in [0.15, 0.2) is 42.5 Å². The fraction of sp³-hybridized carbons (Fsp3) is 0.485. The Bertz CT molecular complexity index is 1420. The Morgan fingerprint density at radius 1 is 1.07 bits per heavy atom. The van der Waals surface area contributed by atoms with E-state index in [0.717, 1.165) is 48.7 Å². The minimum atomic E-state index is -1.84. The van der Waals surface area contributed by atoms with E-state index in [2.05, 4.69) is 44.2 Å². The van der Waals surface area contributed by atoms with Gasteiger partial charge in [0.25, 0.3) is 5.91 Å². The quantitative estimate of drug-likeness (QED) is 0.184.